The van der Waals surface area contributed by atoms with Gasteiger partial charge in [0, 0.05) is 12.2 Å². The summed E-state index contributed by atoms with van der Waals surface area (Å²) in [6.07, 6.45) is 0.484. The van der Waals surface area contributed by atoms with Gasteiger partial charge in [0.25, 0.3) is 0 Å². The monoisotopic (exact) mass is 301 g/mol. The third-order valence-electron chi connectivity index (χ3n) is 3.52. The number of halogens is 1. The van der Waals surface area contributed by atoms with Crippen LogP contribution in [0.3, 0.4) is 0 Å². The number of sulfonamides is 1. The Morgan fingerprint density at radius 3 is 2.60 bits per heavy atom. The maximum absolute atomic E-state index is 13.9. The minimum absolute atomic E-state index is 0.0519. The Bertz CT molecular complexity index is 553. The Labute approximate surface area is 119 Å². The molecule has 1 heterocycles. The fourth-order valence-corrected chi connectivity index (χ4v) is 3.94. The first-order chi connectivity index (χ1) is 9.42. The Morgan fingerprint density at radius 1 is 1.35 bits per heavy atom. The minimum Gasteiger partial charge on any atom is -0.380 e. The van der Waals surface area contributed by atoms with E-state index in [1.54, 1.807) is 18.2 Å². The largest absolute Gasteiger partial charge is 0.380 e. The van der Waals surface area contributed by atoms with Crippen LogP contribution in [0.25, 0.3) is 0 Å². The number of hydrogen-bond donors (Lipinski definition) is 1. The van der Waals surface area contributed by atoms with Crippen LogP contribution in [0, 0.1) is 11.7 Å². The summed E-state index contributed by atoms with van der Waals surface area (Å²) in [6, 6.07) is 5.70. The molecule has 1 aliphatic rings. The molecule has 0 bridgehead atoms. The van der Waals surface area contributed by atoms with Crippen molar-refractivity contribution in [3.63, 3.8) is 0 Å². The molecule has 0 spiro atoms. The summed E-state index contributed by atoms with van der Waals surface area (Å²) in [5.41, 5.74) is 0.380. The van der Waals surface area contributed by atoms with Gasteiger partial charge in [-0.25, -0.2) is 17.5 Å². The van der Waals surface area contributed by atoms with E-state index >= 15 is 0 Å². The molecule has 1 aliphatic heterocycles. The van der Waals surface area contributed by atoms with Gasteiger partial charge in [0.05, 0.1) is 12.6 Å². The average molecular weight is 301 g/mol. The topological polar surface area (TPSA) is 55.4 Å². The van der Waals surface area contributed by atoms with Crippen LogP contribution in [-0.4, -0.2) is 26.9 Å². The van der Waals surface area contributed by atoms with E-state index in [9.17, 15) is 12.8 Å². The van der Waals surface area contributed by atoms with E-state index in [1.807, 2.05) is 13.8 Å². The van der Waals surface area contributed by atoms with Gasteiger partial charge in [-0.15, -0.1) is 0 Å². The zero-order valence-electron chi connectivity index (χ0n) is 11.7. The van der Waals surface area contributed by atoms with Gasteiger partial charge in [0.2, 0.25) is 10.0 Å². The van der Waals surface area contributed by atoms with Gasteiger partial charge in [0.15, 0.2) is 0 Å². The molecular formula is C14H20FNO3S. The summed E-state index contributed by atoms with van der Waals surface area (Å²) in [4.78, 5) is 0. The minimum atomic E-state index is -3.51. The number of rotatable bonds is 5. The Hall–Kier alpha value is -0.980. The quantitative estimate of drug-likeness (QED) is 0.907. The van der Waals surface area contributed by atoms with Crippen molar-refractivity contribution in [2.45, 2.75) is 31.6 Å². The standard InChI is InChI=1S/C14H20FNO3S/c1-10(2)14(12-5-3-4-6-13(12)15)16-20(17,18)11-7-8-19-9-11/h3-6,10-11,14,16H,7-9H2,1-2H3. The van der Waals surface area contributed by atoms with E-state index in [1.165, 1.54) is 6.07 Å². The first kappa shape index (κ1) is 15.4. The molecule has 1 saturated heterocycles. The molecule has 1 N–H and O–H groups in total. The number of hydrogen-bond acceptors (Lipinski definition) is 3. The molecule has 1 aromatic carbocycles. The molecule has 0 amide bonds. The first-order valence-electron chi connectivity index (χ1n) is 6.75. The van der Waals surface area contributed by atoms with Crippen molar-refractivity contribution in [2.24, 2.45) is 5.92 Å². The number of nitrogens with one attached hydrogen (secondary N) is 1. The van der Waals surface area contributed by atoms with Crippen LogP contribution in [0.5, 0.6) is 0 Å². The highest BCUT2D eigenvalue weighted by atomic mass is 32.2. The SMILES string of the molecule is CC(C)C(NS(=O)(=O)C1CCOC1)c1ccccc1F. The smallest absolute Gasteiger partial charge is 0.217 e. The van der Waals surface area contributed by atoms with Crippen LogP contribution < -0.4 is 4.72 Å². The third kappa shape index (κ3) is 3.37. The lowest BCUT2D eigenvalue weighted by atomic mass is 9.97. The molecule has 20 heavy (non-hydrogen) atoms. The summed E-state index contributed by atoms with van der Waals surface area (Å²) in [7, 11) is -3.51. The van der Waals surface area contributed by atoms with E-state index in [4.69, 9.17) is 4.74 Å². The summed E-state index contributed by atoms with van der Waals surface area (Å²) < 4.78 is 46.3. The molecule has 2 unspecified atom stereocenters. The summed E-state index contributed by atoms with van der Waals surface area (Å²) >= 11 is 0. The first-order valence-corrected chi connectivity index (χ1v) is 8.30. The average Bonchev–Trinajstić information content (AvgIpc) is 2.91. The van der Waals surface area contributed by atoms with E-state index in [2.05, 4.69) is 4.72 Å². The van der Waals surface area contributed by atoms with Crippen LogP contribution in [0.4, 0.5) is 4.39 Å². The Kier molecular flexibility index (Phi) is 4.78. The van der Waals surface area contributed by atoms with Crippen molar-refractivity contribution in [3.05, 3.63) is 35.6 Å². The predicted octanol–water partition coefficient (Wildman–Crippen LogP) is 2.23. The molecule has 0 saturated carbocycles. The number of ether oxygens (including phenoxy) is 1. The molecule has 2 rings (SSSR count). The maximum Gasteiger partial charge on any atom is 0.217 e. The molecule has 0 aliphatic carbocycles. The summed E-state index contributed by atoms with van der Waals surface area (Å²) in [5.74, 6) is -0.444. The van der Waals surface area contributed by atoms with Crippen molar-refractivity contribution >= 4 is 10.0 Å². The second-order valence-electron chi connectivity index (χ2n) is 5.39. The van der Waals surface area contributed by atoms with Crippen molar-refractivity contribution in [2.75, 3.05) is 13.2 Å². The Morgan fingerprint density at radius 2 is 2.05 bits per heavy atom. The van der Waals surface area contributed by atoms with Crippen LogP contribution in [-0.2, 0) is 14.8 Å². The van der Waals surface area contributed by atoms with Gasteiger partial charge in [-0.1, -0.05) is 32.0 Å². The van der Waals surface area contributed by atoms with E-state index < -0.39 is 27.1 Å². The fraction of sp³-hybridized carbons (Fsp3) is 0.571. The lowest BCUT2D eigenvalue weighted by molar-refractivity contribution is 0.198. The van der Waals surface area contributed by atoms with Gasteiger partial charge < -0.3 is 4.74 Å². The van der Waals surface area contributed by atoms with Gasteiger partial charge in [-0.05, 0) is 18.4 Å². The lowest BCUT2D eigenvalue weighted by Crippen LogP contribution is -2.39. The van der Waals surface area contributed by atoms with Gasteiger partial charge >= 0.3 is 0 Å². The maximum atomic E-state index is 13.9. The zero-order chi connectivity index (χ0) is 14.8. The molecule has 0 radical (unpaired) electrons. The fourth-order valence-electron chi connectivity index (χ4n) is 2.32. The third-order valence-corrected chi connectivity index (χ3v) is 5.36. The predicted molar refractivity (Wildman–Crippen MR) is 75.3 cm³/mol. The molecule has 0 aromatic heterocycles. The Balaban J connectivity index is 2.24. The van der Waals surface area contributed by atoms with Crippen LogP contribution in [0.1, 0.15) is 31.9 Å². The molecule has 1 fully saturated rings. The normalized spacial score (nSPS) is 21.3. The van der Waals surface area contributed by atoms with Gasteiger partial charge in [-0.3, -0.25) is 0 Å². The molecule has 1 aromatic rings. The van der Waals surface area contributed by atoms with Crippen LogP contribution >= 0.6 is 0 Å². The highest BCUT2D eigenvalue weighted by Crippen LogP contribution is 2.26. The van der Waals surface area contributed by atoms with Gasteiger partial charge in [0.1, 0.15) is 11.1 Å². The highest BCUT2D eigenvalue weighted by molar-refractivity contribution is 7.90. The second kappa shape index (κ2) is 6.20. The molecule has 6 heteroatoms. The molecule has 2 atom stereocenters. The molecule has 112 valence electrons. The molecular weight excluding hydrogens is 281 g/mol. The molecule has 4 nitrogen and oxygen atoms in total. The van der Waals surface area contributed by atoms with Gasteiger partial charge in [-0.2, -0.15) is 0 Å². The van der Waals surface area contributed by atoms with Crippen LogP contribution in [0.15, 0.2) is 24.3 Å². The lowest BCUT2D eigenvalue weighted by Gasteiger charge is -2.24. The van der Waals surface area contributed by atoms with E-state index in [0.717, 1.165) is 0 Å². The zero-order valence-corrected chi connectivity index (χ0v) is 12.5. The summed E-state index contributed by atoms with van der Waals surface area (Å²) in [6.45, 7) is 4.39. The van der Waals surface area contributed by atoms with Crippen molar-refractivity contribution in [1.82, 2.24) is 4.72 Å². The highest BCUT2D eigenvalue weighted by Gasteiger charge is 2.33. The van der Waals surface area contributed by atoms with E-state index in [0.29, 0.717) is 18.6 Å². The van der Waals surface area contributed by atoms with Crippen molar-refractivity contribution in [3.8, 4) is 0 Å². The van der Waals surface area contributed by atoms with E-state index in [-0.39, 0.29) is 12.5 Å². The van der Waals surface area contributed by atoms with Crippen LogP contribution in [0.2, 0.25) is 0 Å². The second-order valence-corrected chi connectivity index (χ2v) is 7.38. The number of benzene rings is 1. The van der Waals surface area contributed by atoms with Crippen molar-refractivity contribution in [1.29, 1.82) is 0 Å². The van der Waals surface area contributed by atoms with Crippen molar-refractivity contribution < 1.29 is 17.5 Å². The summed E-state index contributed by atoms with van der Waals surface area (Å²) in [5, 5.41) is -0.546.